The maximum Gasteiger partial charge on any atom is 0.0926 e. The minimum Gasteiger partial charge on any atom is -0.389 e. The Morgan fingerprint density at radius 1 is 1.38 bits per heavy atom. The number of benzene rings is 1. The lowest BCUT2D eigenvalue weighted by atomic mass is 10.1. The molecule has 1 aliphatic rings. The first-order chi connectivity index (χ1) is 7.86. The molecule has 88 valence electrons. The van der Waals surface area contributed by atoms with Crippen LogP contribution in [0, 0.1) is 0 Å². The fourth-order valence-corrected chi connectivity index (χ4v) is 2.03. The van der Waals surface area contributed by atoms with Crippen molar-refractivity contribution in [2.24, 2.45) is 0 Å². The SMILES string of the molecule is OC(COCc1ccccc1)[C@@H]1CCCN1. The van der Waals surface area contributed by atoms with Gasteiger partial charge in [-0.25, -0.2) is 0 Å². The van der Waals surface area contributed by atoms with Gasteiger partial charge in [0.1, 0.15) is 0 Å². The van der Waals surface area contributed by atoms with E-state index in [1.54, 1.807) is 0 Å². The van der Waals surface area contributed by atoms with Crippen molar-refractivity contribution in [1.82, 2.24) is 5.32 Å². The molecule has 2 atom stereocenters. The molecule has 0 aliphatic carbocycles. The van der Waals surface area contributed by atoms with E-state index in [1.165, 1.54) is 0 Å². The summed E-state index contributed by atoms with van der Waals surface area (Å²) in [5, 5.41) is 13.1. The Hall–Kier alpha value is -0.900. The van der Waals surface area contributed by atoms with Gasteiger partial charge in [-0.05, 0) is 24.9 Å². The molecule has 1 aromatic rings. The summed E-state index contributed by atoms with van der Waals surface area (Å²) in [4.78, 5) is 0. The molecule has 0 saturated carbocycles. The Bertz CT molecular complexity index is 296. The zero-order chi connectivity index (χ0) is 11.2. The lowest BCUT2D eigenvalue weighted by Gasteiger charge is -2.18. The van der Waals surface area contributed by atoms with E-state index in [1.807, 2.05) is 30.3 Å². The number of nitrogens with one attached hydrogen (secondary N) is 1. The van der Waals surface area contributed by atoms with Crippen molar-refractivity contribution in [2.45, 2.75) is 31.6 Å². The first-order valence-electron chi connectivity index (χ1n) is 5.89. The molecule has 0 aromatic heterocycles. The lowest BCUT2D eigenvalue weighted by Crippen LogP contribution is -2.37. The van der Waals surface area contributed by atoms with Gasteiger partial charge in [0.15, 0.2) is 0 Å². The second kappa shape index (κ2) is 5.99. The smallest absolute Gasteiger partial charge is 0.0926 e. The van der Waals surface area contributed by atoms with E-state index in [2.05, 4.69) is 5.32 Å². The Kier molecular flexibility index (Phi) is 4.34. The number of ether oxygens (including phenoxy) is 1. The van der Waals surface area contributed by atoms with E-state index >= 15 is 0 Å². The molecule has 1 saturated heterocycles. The first kappa shape index (κ1) is 11.6. The molecule has 0 radical (unpaired) electrons. The van der Waals surface area contributed by atoms with Crippen LogP contribution in [0.4, 0.5) is 0 Å². The van der Waals surface area contributed by atoms with Crippen molar-refractivity contribution in [3.05, 3.63) is 35.9 Å². The van der Waals surface area contributed by atoms with Crippen LogP contribution in [0.1, 0.15) is 18.4 Å². The van der Waals surface area contributed by atoms with Gasteiger partial charge in [0, 0.05) is 6.04 Å². The summed E-state index contributed by atoms with van der Waals surface area (Å²) in [6.45, 7) is 2.00. The third-order valence-corrected chi connectivity index (χ3v) is 2.96. The van der Waals surface area contributed by atoms with Gasteiger partial charge in [-0.1, -0.05) is 30.3 Å². The van der Waals surface area contributed by atoms with Gasteiger partial charge in [0.2, 0.25) is 0 Å². The molecule has 1 aromatic carbocycles. The van der Waals surface area contributed by atoms with Crippen LogP contribution in [0.15, 0.2) is 30.3 Å². The highest BCUT2D eigenvalue weighted by molar-refractivity contribution is 5.13. The van der Waals surface area contributed by atoms with Crippen LogP contribution in [0.3, 0.4) is 0 Å². The van der Waals surface area contributed by atoms with Crippen LogP contribution in [-0.2, 0) is 11.3 Å². The second-order valence-electron chi connectivity index (χ2n) is 4.27. The standard InChI is InChI=1S/C13H19NO2/c15-13(12-7-4-8-14-12)10-16-9-11-5-2-1-3-6-11/h1-3,5-6,12-15H,4,7-10H2/t12-,13?/m0/s1. The molecule has 0 spiro atoms. The van der Waals surface area contributed by atoms with Gasteiger partial charge in [0.25, 0.3) is 0 Å². The highest BCUT2D eigenvalue weighted by Gasteiger charge is 2.22. The zero-order valence-corrected chi connectivity index (χ0v) is 9.43. The molecular formula is C13H19NO2. The molecular weight excluding hydrogens is 202 g/mol. The Labute approximate surface area is 96.4 Å². The first-order valence-corrected chi connectivity index (χ1v) is 5.89. The normalized spacial score (nSPS) is 22.2. The quantitative estimate of drug-likeness (QED) is 0.788. The predicted octanol–water partition coefficient (Wildman–Crippen LogP) is 1.32. The summed E-state index contributed by atoms with van der Waals surface area (Å²) in [6.07, 6.45) is 1.82. The molecule has 3 nitrogen and oxygen atoms in total. The summed E-state index contributed by atoms with van der Waals surface area (Å²) in [6, 6.07) is 10.2. The third kappa shape index (κ3) is 3.30. The van der Waals surface area contributed by atoms with Crippen molar-refractivity contribution >= 4 is 0 Å². The maximum absolute atomic E-state index is 9.84. The Morgan fingerprint density at radius 2 is 2.19 bits per heavy atom. The van der Waals surface area contributed by atoms with Gasteiger partial charge in [0.05, 0.1) is 19.3 Å². The largest absolute Gasteiger partial charge is 0.389 e. The fraction of sp³-hybridized carbons (Fsp3) is 0.538. The number of rotatable bonds is 5. The minimum absolute atomic E-state index is 0.218. The highest BCUT2D eigenvalue weighted by atomic mass is 16.5. The van der Waals surface area contributed by atoms with Gasteiger partial charge in [-0.15, -0.1) is 0 Å². The van der Waals surface area contributed by atoms with E-state index in [-0.39, 0.29) is 12.1 Å². The van der Waals surface area contributed by atoms with Crippen molar-refractivity contribution < 1.29 is 9.84 Å². The van der Waals surface area contributed by atoms with E-state index in [0.717, 1.165) is 24.9 Å². The summed E-state index contributed by atoms with van der Waals surface area (Å²) in [7, 11) is 0. The van der Waals surface area contributed by atoms with E-state index in [0.29, 0.717) is 13.2 Å². The van der Waals surface area contributed by atoms with Crippen LogP contribution in [-0.4, -0.2) is 30.4 Å². The molecule has 2 rings (SSSR count). The van der Waals surface area contributed by atoms with Crippen molar-refractivity contribution in [3.63, 3.8) is 0 Å². The van der Waals surface area contributed by atoms with Crippen LogP contribution >= 0.6 is 0 Å². The summed E-state index contributed by atoms with van der Waals surface area (Å²) >= 11 is 0. The fourth-order valence-electron chi connectivity index (χ4n) is 2.03. The van der Waals surface area contributed by atoms with Gasteiger partial charge >= 0.3 is 0 Å². The maximum atomic E-state index is 9.84. The Balaban J connectivity index is 1.67. The van der Waals surface area contributed by atoms with Crippen molar-refractivity contribution in [3.8, 4) is 0 Å². The molecule has 1 fully saturated rings. The van der Waals surface area contributed by atoms with E-state index < -0.39 is 0 Å². The van der Waals surface area contributed by atoms with E-state index in [9.17, 15) is 5.11 Å². The van der Waals surface area contributed by atoms with E-state index in [4.69, 9.17) is 4.74 Å². The summed E-state index contributed by atoms with van der Waals surface area (Å²) in [5.41, 5.74) is 1.15. The van der Waals surface area contributed by atoms with Crippen molar-refractivity contribution in [2.75, 3.05) is 13.2 Å². The van der Waals surface area contributed by atoms with Gasteiger partial charge in [-0.3, -0.25) is 0 Å². The molecule has 1 unspecified atom stereocenters. The number of aliphatic hydroxyl groups is 1. The molecule has 1 aliphatic heterocycles. The summed E-state index contributed by atoms with van der Waals surface area (Å²) in [5.74, 6) is 0. The predicted molar refractivity (Wildman–Crippen MR) is 63.1 cm³/mol. The van der Waals surface area contributed by atoms with Crippen LogP contribution < -0.4 is 5.32 Å². The van der Waals surface area contributed by atoms with Gasteiger partial charge in [-0.2, -0.15) is 0 Å². The summed E-state index contributed by atoms with van der Waals surface area (Å²) < 4.78 is 5.50. The monoisotopic (exact) mass is 221 g/mol. The molecule has 16 heavy (non-hydrogen) atoms. The molecule has 0 bridgehead atoms. The number of hydrogen-bond donors (Lipinski definition) is 2. The zero-order valence-electron chi connectivity index (χ0n) is 9.43. The number of hydrogen-bond acceptors (Lipinski definition) is 3. The second-order valence-corrected chi connectivity index (χ2v) is 4.27. The molecule has 3 heteroatoms. The molecule has 0 amide bonds. The molecule has 2 N–H and O–H groups in total. The average Bonchev–Trinajstić information content (AvgIpc) is 2.84. The highest BCUT2D eigenvalue weighted by Crippen LogP contribution is 2.10. The van der Waals surface area contributed by atoms with Crippen LogP contribution in [0.5, 0.6) is 0 Å². The van der Waals surface area contributed by atoms with Crippen molar-refractivity contribution in [1.29, 1.82) is 0 Å². The number of aliphatic hydroxyl groups excluding tert-OH is 1. The Morgan fingerprint density at radius 3 is 2.88 bits per heavy atom. The third-order valence-electron chi connectivity index (χ3n) is 2.96. The average molecular weight is 221 g/mol. The minimum atomic E-state index is -0.383. The van der Waals surface area contributed by atoms with Gasteiger partial charge < -0.3 is 15.2 Å². The molecule has 1 heterocycles. The van der Waals surface area contributed by atoms with Crippen LogP contribution in [0.25, 0.3) is 0 Å². The topological polar surface area (TPSA) is 41.5 Å². The van der Waals surface area contributed by atoms with Crippen LogP contribution in [0.2, 0.25) is 0 Å². The lowest BCUT2D eigenvalue weighted by molar-refractivity contribution is 0.0126.